The van der Waals surface area contributed by atoms with Crippen molar-refractivity contribution >= 4 is 28.3 Å². The van der Waals surface area contributed by atoms with E-state index in [-0.39, 0.29) is 5.91 Å². The first-order chi connectivity index (χ1) is 17.1. The van der Waals surface area contributed by atoms with Gasteiger partial charge >= 0.3 is 0 Å². The quantitative estimate of drug-likeness (QED) is 0.491. The molecule has 0 saturated carbocycles. The van der Waals surface area contributed by atoms with Crippen LogP contribution < -0.4 is 20.9 Å². The minimum Gasteiger partial charge on any atom is -0.354 e. The van der Waals surface area contributed by atoms with Crippen LogP contribution in [0.3, 0.4) is 0 Å². The Balaban J connectivity index is 1.11. The number of hydrogen-bond donors (Lipinski definition) is 3. The summed E-state index contributed by atoms with van der Waals surface area (Å²) in [5.74, 6) is 1.03. The van der Waals surface area contributed by atoms with Gasteiger partial charge in [0.15, 0.2) is 0 Å². The molecule has 1 aromatic heterocycles. The molecular formula is C28H36N6O. The van der Waals surface area contributed by atoms with Gasteiger partial charge in [-0.15, -0.1) is 0 Å². The maximum absolute atomic E-state index is 12.6. The fourth-order valence-corrected chi connectivity index (χ4v) is 5.09. The van der Waals surface area contributed by atoms with E-state index in [4.69, 9.17) is 4.98 Å². The second-order valence-corrected chi connectivity index (χ2v) is 9.73. The summed E-state index contributed by atoms with van der Waals surface area (Å²) in [6, 6.07) is 19.2. The molecule has 0 bridgehead atoms. The SMILES string of the molecule is Cc1cc(N2CCNCC2)nc2ccc(NC(=O)CNC3CCN(Cc4ccccc4)CC3)cc12. The Kier molecular flexibility index (Phi) is 7.57. The highest BCUT2D eigenvalue weighted by Gasteiger charge is 2.20. The summed E-state index contributed by atoms with van der Waals surface area (Å²) in [4.78, 5) is 22.3. The van der Waals surface area contributed by atoms with Gasteiger partial charge in [-0.25, -0.2) is 4.98 Å². The molecule has 0 unspecified atom stereocenters. The van der Waals surface area contributed by atoms with Crippen molar-refractivity contribution in [3.05, 3.63) is 65.7 Å². The van der Waals surface area contributed by atoms with E-state index in [9.17, 15) is 4.79 Å². The molecule has 7 heteroatoms. The van der Waals surface area contributed by atoms with Gasteiger partial charge in [-0.2, -0.15) is 0 Å². The maximum atomic E-state index is 12.6. The highest BCUT2D eigenvalue weighted by Crippen LogP contribution is 2.25. The van der Waals surface area contributed by atoms with Gasteiger partial charge < -0.3 is 20.9 Å². The fourth-order valence-electron chi connectivity index (χ4n) is 5.09. The van der Waals surface area contributed by atoms with Crippen LogP contribution in [0.15, 0.2) is 54.6 Å². The zero-order valence-electron chi connectivity index (χ0n) is 20.6. The number of carbonyl (C=O) groups is 1. The molecule has 3 aromatic rings. The van der Waals surface area contributed by atoms with Gasteiger partial charge in [-0.3, -0.25) is 9.69 Å². The summed E-state index contributed by atoms with van der Waals surface area (Å²) >= 11 is 0. The van der Waals surface area contributed by atoms with E-state index in [1.165, 1.54) is 11.1 Å². The molecule has 2 aliphatic heterocycles. The van der Waals surface area contributed by atoms with Crippen molar-refractivity contribution in [2.45, 2.75) is 32.4 Å². The second-order valence-electron chi connectivity index (χ2n) is 9.73. The second kappa shape index (κ2) is 11.2. The largest absolute Gasteiger partial charge is 0.354 e. The molecule has 2 aromatic carbocycles. The number of aromatic nitrogens is 1. The van der Waals surface area contributed by atoms with Crippen LogP contribution in [0.5, 0.6) is 0 Å². The van der Waals surface area contributed by atoms with Gasteiger partial charge in [0.05, 0.1) is 12.1 Å². The van der Waals surface area contributed by atoms with Crippen molar-refractivity contribution in [2.75, 3.05) is 56.0 Å². The molecular weight excluding hydrogens is 436 g/mol. The van der Waals surface area contributed by atoms with Crippen LogP contribution in [-0.4, -0.2) is 67.6 Å². The highest BCUT2D eigenvalue weighted by atomic mass is 16.1. The predicted molar refractivity (Wildman–Crippen MR) is 143 cm³/mol. The summed E-state index contributed by atoms with van der Waals surface area (Å²) in [6.45, 7) is 9.50. The molecule has 0 radical (unpaired) electrons. The molecule has 2 fully saturated rings. The predicted octanol–water partition coefficient (Wildman–Crippen LogP) is 3.15. The molecule has 5 rings (SSSR count). The Labute approximate surface area is 207 Å². The average molecular weight is 473 g/mol. The third-order valence-electron chi connectivity index (χ3n) is 7.11. The lowest BCUT2D eigenvalue weighted by Gasteiger charge is -2.32. The van der Waals surface area contributed by atoms with Crippen LogP contribution in [0, 0.1) is 6.92 Å². The number of nitrogens with zero attached hydrogens (tertiary/aromatic N) is 3. The van der Waals surface area contributed by atoms with Crippen LogP contribution in [0.4, 0.5) is 11.5 Å². The van der Waals surface area contributed by atoms with Crippen LogP contribution in [-0.2, 0) is 11.3 Å². The zero-order chi connectivity index (χ0) is 24.0. The Hall–Kier alpha value is -3.00. The number of pyridine rings is 1. The van der Waals surface area contributed by atoms with Crippen molar-refractivity contribution in [1.29, 1.82) is 0 Å². The van der Waals surface area contributed by atoms with Crippen LogP contribution in [0.1, 0.15) is 24.0 Å². The normalized spacial score (nSPS) is 17.6. The number of aryl methyl sites for hydroxylation is 1. The molecule has 0 atom stereocenters. The molecule has 1 amide bonds. The molecule has 0 spiro atoms. The number of benzene rings is 2. The Morgan fingerprint density at radius 2 is 1.80 bits per heavy atom. The van der Waals surface area contributed by atoms with Crippen molar-refractivity contribution in [3.8, 4) is 0 Å². The Bertz CT molecular complexity index is 1140. The lowest BCUT2D eigenvalue weighted by Crippen LogP contribution is -2.44. The average Bonchev–Trinajstić information content (AvgIpc) is 2.90. The topological polar surface area (TPSA) is 72.5 Å². The fraction of sp³-hybridized carbons (Fsp3) is 0.429. The van der Waals surface area contributed by atoms with E-state index >= 15 is 0 Å². The number of likely N-dealkylation sites (tertiary alicyclic amines) is 1. The molecule has 7 nitrogen and oxygen atoms in total. The third kappa shape index (κ3) is 6.17. The minimum absolute atomic E-state index is 0.000820. The van der Waals surface area contributed by atoms with E-state index in [0.717, 1.165) is 81.1 Å². The van der Waals surface area contributed by atoms with Gasteiger partial charge in [0.2, 0.25) is 5.91 Å². The standard InChI is InChI=1S/C28H36N6O/c1-21-17-27(34-15-11-29-12-16-34)32-26-8-7-24(18-25(21)26)31-28(35)19-30-23-9-13-33(14-10-23)20-22-5-3-2-4-6-22/h2-8,17-18,23,29-30H,9-16,19-20H2,1H3,(H,31,35). The first-order valence-corrected chi connectivity index (χ1v) is 12.8. The smallest absolute Gasteiger partial charge is 0.238 e. The minimum atomic E-state index is -0.000820. The molecule has 0 aliphatic carbocycles. The number of piperazine rings is 1. The van der Waals surface area contributed by atoms with Crippen LogP contribution in [0.25, 0.3) is 10.9 Å². The molecule has 184 valence electrons. The highest BCUT2D eigenvalue weighted by molar-refractivity contribution is 5.95. The van der Waals surface area contributed by atoms with Crippen molar-refractivity contribution < 1.29 is 4.79 Å². The number of rotatable bonds is 7. The lowest BCUT2D eigenvalue weighted by molar-refractivity contribution is -0.115. The molecule has 3 N–H and O–H groups in total. The molecule has 3 heterocycles. The van der Waals surface area contributed by atoms with Crippen molar-refractivity contribution in [3.63, 3.8) is 0 Å². The van der Waals surface area contributed by atoms with Gasteiger partial charge in [0, 0.05) is 49.8 Å². The van der Waals surface area contributed by atoms with Gasteiger partial charge in [0.1, 0.15) is 5.82 Å². The summed E-state index contributed by atoms with van der Waals surface area (Å²) in [6.07, 6.45) is 2.13. The number of nitrogens with one attached hydrogen (secondary N) is 3. The third-order valence-corrected chi connectivity index (χ3v) is 7.11. The van der Waals surface area contributed by atoms with Crippen molar-refractivity contribution in [2.24, 2.45) is 0 Å². The van der Waals surface area contributed by atoms with E-state index in [1.807, 2.05) is 18.2 Å². The first-order valence-electron chi connectivity index (χ1n) is 12.8. The van der Waals surface area contributed by atoms with Gasteiger partial charge in [-0.05, 0) is 68.2 Å². The van der Waals surface area contributed by atoms with E-state index in [0.29, 0.717) is 12.6 Å². The number of hydrogen-bond acceptors (Lipinski definition) is 6. The van der Waals surface area contributed by atoms with Gasteiger partial charge in [0.25, 0.3) is 0 Å². The lowest BCUT2D eigenvalue weighted by atomic mass is 10.0. The monoisotopic (exact) mass is 472 g/mol. The van der Waals surface area contributed by atoms with Crippen molar-refractivity contribution in [1.82, 2.24) is 20.5 Å². The molecule has 35 heavy (non-hydrogen) atoms. The summed E-state index contributed by atoms with van der Waals surface area (Å²) in [5.41, 5.74) is 4.33. The number of anilines is 2. The van der Waals surface area contributed by atoms with E-state index in [2.05, 4.69) is 69.1 Å². The van der Waals surface area contributed by atoms with Gasteiger partial charge in [-0.1, -0.05) is 30.3 Å². The number of amides is 1. The first kappa shape index (κ1) is 23.7. The zero-order valence-corrected chi connectivity index (χ0v) is 20.6. The molecule has 2 saturated heterocycles. The Morgan fingerprint density at radius 3 is 2.57 bits per heavy atom. The summed E-state index contributed by atoms with van der Waals surface area (Å²) in [5, 5.41) is 11.0. The number of fused-ring (bicyclic) bond motifs is 1. The van der Waals surface area contributed by atoms with E-state index in [1.54, 1.807) is 0 Å². The van der Waals surface area contributed by atoms with Crippen LogP contribution in [0.2, 0.25) is 0 Å². The number of carbonyl (C=O) groups excluding carboxylic acids is 1. The maximum Gasteiger partial charge on any atom is 0.238 e. The number of piperidine rings is 1. The Morgan fingerprint density at radius 1 is 1.03 bits per heavy atom. The van der Waals surface area contributed by atoms with E-state index < -0.39 is 0 Å². The summed E-state index contributed by atoms with van der Waals surface area (Å²) in [7, 11) is 0. The van der Waals surface area contributed by atoms with Crippen LogP contribution >= 0.6 is 0 Å². The molecule has 2 aliphatic rings. The summed E-state index contributed by atoms with van der Waals surface area (Å²) < 4.78 is 0.